The van der Waals surface area contributed by atoms with E-state index >= 15 is 0 Å². The number of ether oxygens (including phenoxy) is 2. The Kier molecular flexibility index (Phi) is 6.17. The van der Waals surface area contributed by atoms with Crippen LogP contribution >= 0.6 is 0 Å². The van der Waals surface area contributed by atoms with Gasteiger partial charge in [-0.15, -0.1) is 6.42 Å². The number of carbonyl (C=O) groups excluding carboxylic acids is 1. The zero-order valence-electron chi connectivity index (χ0n) is 10.8. The van der Waals surface area contributed by atoms with Crippen LogP contribution in [0, 0.1) is 23.7 Å². The first-order chi connectivity index (χ1) is 9.71. The van der Waals surface area contributed by atoms with Crippen LogP contribution in [0.4, 0.5) is 0 Å². The first-order valence-electron chi connectivity index (χ1n) is 5.77. The second kappa shape index (κ2) is 8.18. The highest BCUT2D eigenvalue weighted by Gasteiger charge is 2.09. The number of terminal acetylenes is 1. The van der Waals surface area contributed by atoms with E-state index in [0.717, 1.165) is 0 Å². The number of nitrogens with zero attached hydrogens (tertiary/aromatic N) is 1. The van der Waals surface area contributed by atoms with E-state index in [4.69, 9.17) is 21.2 Å². The molecule has 4 heteroatoms. The highest BCUT2D eigenvalue weighted by molar-refractivity contribution is 5.97. The number of hydrogen-bond acceptors (Lipinski definition) is 4. The molecule has 0 amide bonds. The number of esters is 1. The van der Waals surface area contributed by atoms with Gasteiger partial charge in [-0.3, -0.25) is 0 Å². The second-order valence-corrected chi connectivity index (χ2v) is 3.62. The lowest BCUT2D eigenvalue weighted by Crippen LogP contribution is -2.06. The summed E-state index contributed by atoms with van der Waals surface area (Å²) in [5.41, 5.74) is 0.606. The van der Waals surface area contributed by atoms with Gasteiger partial charge in [0.1, 0.15) is 30.6 Å². The van der Waals surface area contributed by atoms with E-state index < -0.39 is 5.97 Å². The van der Waals surface area contributed by atoms with E-state index in [1.807, 2.05) is 0 Å². The molecule has 0 aromatic heterocycles. The first kappa shape index (κ1) is 15.1. The summed E-state index contributed by atoms with van der Waals surface area (Å²) in [4.78, 5) is 11.5. The molecule has 0 aliphatic carbocycles. The Balaban J connectivity index is 2.80. The minimum Gasteiger partial charge on any atom is -0.481 e. The Bertz CT molecular complexity index is 586. The monoisotopic (exact) mass is 267 g/mol. The topological polar surface area (TPSA) is 59.3 Å². The first-order valence-corrected chi connectivity index (χ1v) is 5.77. The number of hydrogen-bond donors (Lipinski definition) is 0. The van der Waals surface area contributed by atoms with Gasteiger partial charge in [0.15, 0.2) is 0 Å². The molecule has 1 aromatic carbocycles. The Morgan fingerprint density at radius 1 is 1.40 bits per heavy atom. The zero-order valence-corrected chi connectivity index (χ0v) is 10.8. The maximum atomic E-state index is 11.5. The number of carbonyl (C=O) groups is 1. The highest BCUT2D eigenvalue weighted by atomic mass is 16.5. The molecule has 0 spiro atoms. The molecule has 20 heavy (non-hydrogen) atoms. The van der Waals surface area contributed by atoms with Crippen molar-refractivity contribution in [3.63, 3.8) is 0 Å². The van der Waals surface area contributed by atoms with Crippen molar-refractivity contribution < 1.29 is 14.3 Å². The van der Waals surface area contributed by atoms with Crippen LogP contribution < -0.4 is 4.74 Å². The summed E-state index contributed by atoms with van der Waals surface area (Å²) in [5, 5.41) is 8.94. The molecule has 0 bridgehead atoms. The van der Waals surface area contributed by atoms with Gasteiger partial charge in [0.25, 0.3) is 0 Å². The predicted molar refractivity (Wildman–Crippen MR) is 75.5 cm³/mol. The van der Waals surface area contributed by atoms with Gasteiger partial charge in [0, 0.05) is 0 Å². The van der Waals surface area contributed by atoms with Crippen molar-refractivity contribution in [1.82, 2.24) is 0 Å². The van der Waals surface area contributed by atoms with Crippen molar-refractivity contribution in [2.45, 2.75) is 0 Å². The molecule has 1 rings (SSSR count). The van der Waals surface area contributed by atoms with E-state index in [0.29, 0.717) is 11.3 Å². The SMILES string of the molecule is C#CCOc1ccc(/C=C(/C#N)C(=O)OCC=C)cc1. The van der Waals surface area contributed by atoms with Crippen molar-refractivity contribution in [3.05, 3.63) is 48.1 Å². The quantitative estimate of drug-likeness (QED) is 0.261. The third-order valence-electron chi connectivity index (χ3n) is 2.19. The van der Waals surface area contributed by atoms with Gasteiger partial charge in [-0.1, -0.05) is 30.7 Å². The average Bonchev–Trinajstić information content (AvgIpc) is 2.49. The van der Waals surface area contributed by atoms with E-state index in [-0.39, 0.29) is 18.8 Å². The highest BCUT2D eigenvalue weighted by Crippen LogP contribution is 2.14. The maximum absolute atomic E-state index is 11.5. The molecule has 0 saturated heterocycles. The van der Waals surface area contributed by atoms with Gasteiger partial charge in [-0.25, -0.2) is 4.79 Å². The largest absolute Gasteiger partial charge is 0.481 e. The summed E-state index contributed by atoms with van der Waals surface area (Å²) >= 11 is 0. The summed E-state index contributed by atoms with van der Waals surface area (Å²) in [6, 6.07) is 8.63. The fraction of sp³-hybridized carbons (Fsp3) is 0.125. The van der Waals surface area contributed by atoms with Crippen LogP contribution in [0.1, 0.15) is 5.56 Å². The van der Waals surface area contributed by atoms with Crippen LogP contribution in [0.15, 0.2) is 42.5 Å². The van der Waals surface area contributed by atoms with E-state index in [1.54, 1.807) is 30.3 Å². The molecule has 0 heterocycles. The molecule has 0 atom stereocenters. The minimum absolute atomic E-state index is 0.0662. The Morgan fingerprint density at radius 2 is 2.10 bits per heavy atom. The van der Waals surface area contributed by atoms with Gasteiger partial charge in [0.05, 0.1) is 0 Å². The van der Waals surface area contributed by atoms with Crippen LogP contribution in [0.25, 0.3) is 6.08 Å². The number of rotatable bonds is 6. The second-order valence-electron chi connectivity index (χ2n) is 3.62. The van der Waals surface area contributed by atoms with E-state index in [2.05, 4.69) is 12.5 Å². The van der Waals surface area contributed by atoms with Crippen LogP contribution in [0.5, 0.6) is 5.75 Å². The fourth-order valence-electron chi connectivity index (χ4n) is 1.30. The lowest BCUT2D eigenvalue weighted by molar-refractivity contribution is -0.137. The molecule has 0 saturated carbocycles. The van der Waals surface area contributed by atoms with Gasteiger partial charge in [0.2, 0.25) is 0 Å². The molecular formula is C16H13NO3. The molecule has 100 valence electrons. The van der Waals surface area contributed by atoms with Crippen LogP contribution in [-0.2, 0) is 9.53 Å². The van der Waals surface area contributed by atoms with Crippen molar-refractivity contribution in [1.29, 1.82) is 5.26 Å². The third kappa shape index (κ3) is 4.72. The summed E-state index contributed by atoms with van der Waals surface area (Å²) in [7, 11) is 0. The normalized spacial score (nSPS) is 10.0. The summed E-state index contributed by atoms with van der Waals surface area (Å²) in [6.45, 7) is 3.68. The summed E-state index contributed by atoms with van der Waals surface area (Å²) in [5.74, 6) is 2.30. The standard InChI is InChI=1S/C16H13NO3/c1-3-9-19-15-7-5-13(6-8-15)11-14(12-17)16(18)20-10-4-2/h1,4-8,11H,2,9-10H2/b14-11-. The summed E-state index contributed by atoms with van der Waals surface area (Å²) in [6.07, 6.45) is 7.96. The van der Waals surface area contributed by atoms with Crippen molar-refractivity contribution in [2.75, 3.05) is 13.2 Å². The van der Waals surface area contributed by atoms with Crippen molar-refractivity contribution >= 4 is 12.0 Å². The van der Waals surface area contributed by atoms with Gasteiger partial charge < -0.3 is 9.47 Å². The number of benzene rings is 1. The van der Waals surface area contributed by atoms with Crippen molar-refractivity contribution in [3.8, 4) is 24.2 Å². The molecule has 0 fully saturated rings. The molecule has 0 aliphatic heterocycles. The molecular weight excluding hydrogens is 254 g/mol. The van der Waals surface area contributed by atoms with E-state index in [9.17, 15) is 4.79 Å². The molecule has 0 aliphatic rings. The Hall–Kier alpha value is -2.98. The maximum Gasteiger partial charge on any atom is 0.349 e. The number of nitriles is 1. The zero-order chi connectivity index (χ0) is 14.8. The van der Waals surface area contributed by atoms with Gasteiger partial charge in [-0.05, 0) is 23.8 Å². The Morgan fingerprint density at radius 3 is 2.65 bits per heavy atom. The molecule has 4 nitrogen and oxygen atoms in total. The molecule has 0 unspecified atom stereocenters. The Labute approximate surface area is 117 Å². The predicted octanol–water partition coefficient (Wildman–Crippen LogP) is 2.33. The fourth-order valence-corrected chi connectivity index (χ4v) is 1.30. The third-order valence-corrected chi connectivity index (χ3v) is 2.19. The van der Waals surface area contributed by atoms with Gasteiger partial charge >= 0.3 is 5.97 Å². The lowest BCUT2D eigenvalue weighted by Gasteiger charge is -2.03. The smallest absolute Gasteiger partial charge is 0.349 e. The molecule has 0 N–H and O–H groups in total. The van der Waals surface area contributed by atoms with Crippen LogP contribution in [0.2, 0.25) is 0 Å². The molecule has 0 radical (unpaired) electrons. The van der Waals surface area contributed by atoms with Crippen LogP contribution in [-0.4, -0.2) is 19.2 Å². The summed E-state index contributed by atoms with van der Waals surface area (Å²) < 4.78 is 10.0. The average molecular weight is 267 g/mol. The van der Waals surface area contributed by atoms with Gasteiger partial charge in [-0.2, -0.15) is 5.26 Å². The molecule has 1 aromatic rings. The van der Waals surface area contributed by atoms with Crippen LogP contribution in [0.3, 0.4) is 0 Å². The minimum atomic E-state index is -0.681. The van der Waals surface area contributed by atoms with E-state index in [1.165, 1.54) is 12.2 Å². The lowest BCUT2D eigenvalue weighted by atomic mass is 10.1. The van der Waals surface area contributed by atoms with Crippen molar-refractivity contribution in [2.24, 2.45) is 0 Å².